The fourth-order valence-corrected chi connectivity index (χ4v) is 3.75. The maximum atomic E-state index is 12.2. The minimum absolute atomic E-state index is 0.0958. The molecule has 0 saturated heterocycles. The van der Waals surface area contributed by atoms with Crippen molar-refractivity contribution in [2.75, 3.05) is 0 Å². The van der Waals surface area contributed by atoms with Gasteiger partial charge in [0.05, 0.1) is 11.9 Å². The van der Waals surface area contributed by atoms with Crippen LogP contribution in [0.25, 0.3) is 0 Å². The van der Waals surface area contributed by atoms with E-state index in [0.717, 1.165) is 11.3 Å². The van der Waals surface area contributed by atoms with Gasteiger partial charge in [-0.15, -0.1) is 0 Å². The van der Waals surface area contributed by atoms with Gasteiger partial charge in [-0.3, -0.25) is 0 Å². The molecule has 0 amide bonds. The molecule has 130 valence electrons. The molecule has 0 bridgehead atoms. The highest BCUT2D eigenvalue weighted by molar-refractivity contribution is 7.88. The van der Waals surface area contributed by atoms with Crippen LogP contribution in [0.4, 0.5) is 0 Å². The highest BCUT2D eigenvalue weighted by Gasteiger charge is 2.14. The van der Waals surface area contributed by atoms with E-state index in [1.807, 2.05) is 38.1 Å². The monoisotopic (exact) mass is 387 g/mol. The summed E-state index contributed by atoms with van der Waals surface area (Å²) in [4.78, 5) is 0. The second-order valence-electron chi connectivity index (χ2n) is 5.63. The number of nitrogens with one attached hydrogen (secondary N) is 1. The van der Waals surface area contributed by atoms with Gasteiger partial charge < -0.3 is 4.74 Å². The van der Waals surface area contributed by atoms with E-state index in [4.69, 9.17) is 27.9 Å². The normalized spacial score (nSPS) is 11.7. The average molecular weight is 388 g/mol. The summed E-state index contributed by atoms with van der Waals surface area (Å²) in [6.07, 6.45) is 0.0958. The molecule has 0 unspecified atom stereocenters. The standard InChI is InChI=1S/C17H19Cl2NO3S/c1-12(2)23-16-7-3-13(4-8-16)10-20-24(21,22)11-14-5-6-15(18)9-17(14)19/h3-9,12,20H,10-11H2,1-2H3. The number of benzene rings is 2. The van der Waals surface area contributed by atoms with Crippen LogP contribution in [0.3, 0.4) is 0 Å². The lowest BCUT2D eigenvalue weighted by Gasteiger charge is -2.11. The van der Waals surface area contributed by atoms with Crippen molar-refractivity contribution in [3.05, 3.63) is 63.6 Å². The maximum absolute atomic E-state index is 12.2. The summed E-state index contributed by atoms with van der Waals surface area (Å²) in [5.74, 6) is 0.557. The van der Waals surface area contributed by atoms with Gasteiger partial charge in [0.1, 0.15) is 5.75 Å². The van der Waals surface area contributed by atoms with E-state index in [9.17, 15) is 8.42 Å². The summed E-state index contributed by atoms with van der Waals surface area (Å²) in [6.45, 7) is 4.10. The van der Waals surface area contributed by atoms with Gasteiger partial charge in [0.15, 0.2) is 0 Å². The van der Waals surface area contributed by atoms with Crippen molar-refractivity contribution in [2.24, 2.45) is 0 Å². The van der Waals surface area contributed by atoms with Crippen LogP contribution in [-0.4, -0.2) is 14.5 Å². The minimum atomic E-state index is -3.51. The summed E-state index contributed by atoms with van der Waals surface area (Å²) >= 11 is 11.8. The first kappa shape index (κ1) is 19.1. The molecule has 2 rings (SSSR count). The Labute approximate surface area is 152 Å². The Kier molecular flexibility index (Phi) is 6.52. The second-order valence-corrected chi connectivity index (χ2v) is 8.28. The van der Waals surface area contributed by atoms with E-state index in [0.29, 0.717) is 15.6 Å². The predicted octanol–water partition coefficient (Wildman–Crippen LogP) is 4.40. The van der Waals surface area contributed by atoms with Gasteiger partial charge in [-0.25, -0.2) is 13.1 Å². The van der Waals surface area contributed by atoms with Crippen molar-refractivity contribution < 1.29 is 13.2 Å². The summed E-state index contributed by atoms with van der Waals surface area (Å²) in [6, 6.07) is 12.1. The fraction of sp³-hybridized carbons (Fsp3) is 0.294. The molecule has 2 aromatic rings. The molecule has 0 saturated carbocycles. The Balaban J connectivity index is 1.97. The van der Waals surface area contributed by atoms with Gasteiger partial charge in [0.25, 0.3) is 0 Å². The predicted molar refractivity (Wildman–Crippen MR) is 98.1 cm³/mol. The second kappa shape index (κ2) is 8.21. The Morgan fingerprint density at radius 2 is 1.75 bits per heavy atom. The van der Waals surface area contributed by atoms with E-state index < -0.39 is 10.0 Å². The fourth-order valence-electron chi connectivity index (χ4n) is 2.05. The van der Waals surface area contributed by atoms with Crippen LogP contribution in [0.1, 0.15) is 25.0 Å². The zero-order valence-electron chi connectivity index (χ0n) is 13.4. The number of rotatable bonds is 7. The van der Waals surface area contributed by atoms with Crippen LogP contribution in [0.5, 0.6) is 5.75 Å². The van der Waals surface area contributed by atoms with Crippen molar-refractivity contribution in [3.63, 3.8) is 0 Å². The van der Waals surface area contributed by atoms with E-state index >= 15 is 0 Å². The largest absolute Gasteiger partial charge is 0.491 e. The van der Waals surface area contributed by atoms with E-state index in [-0.39, 0.29) is 18.4 Å². The number of hydrogen-bond donors (Lipinski definition) is 1. The summed E-state index contributed by atoms with van der Waals surface area (Å²) in [5.41, 5.74) is 1.35. The molecule has 24 heavy (non-hydrogen) atoms. The van der Waals surface area contributed by atoms with E-state index in [2.05, 4.69) is 4.72 Å². The van der Waals surface area contributed by atoms with Crippen molar-refractivity contribution in [2.45, 2.75) is 32.2 Å². The zero-order chi connectivity index (χ0) is 17.7. The molecule has 1 N–H and O–H groups in total. The highest BCUT2D eigenvalue weighted by Crippen LogP contribution is 2.22. The first-order valence-electron chi connectivity index (χ1n) is 7.42. The smallest absolute Gasteiger partial charge is 0.216 e. The summed E-state index contributed by atoms with van der Waals surface area (Å²) < 4.78 is 32.5. The molecular weight excluding hydrogens is 369 g/mol. The number of ether oxygens (including phenoxy) is 1. The van der Waals surface area contributed by atoms with Gasteiger partial charge in [-0.2, -0.15) is 0 Å². The lowest BCUT2D eigenvalue weighted by atomic mass is 10.2. The van der Waals surface area contributed by atoms with Crippen molar-refractivity contribution in [1.29, 1.82) is 0 Å². The van der Waals surface area contributed by atoms with Crippen LogP contribution in [0, 0.1) is 0 Å². The minimum Gasteiger partial charge on any atom is -0.491 e. The SMILES string of the molecule is CC(C)Oc1ccc(CNS(=O)(=O)Cc2ccc(Cl)cc2Cl)cc1. The first-order chi connectivity index (χ1) is 11.2. The molecule has 0 aliphatic heterocycles. The van der Waals surface area contributed by atoms with Crippen LogP contribution in [0.2, 0.25) is 10.0 Å². The molecule has 4 nitrogen and oxygen atoms in total. The van der Waals surface area contributed by atoms with Crippen LogP contribution in [-0.2, 0) is 22.3 Å². The third-order valence-electron chi connectivity index (χ3n) is 3.15. The molecule has 0 aliphatic carbocycles. The van der Waals surface area contributed by atoms with Crippen molar-refractivity contribution in [1.82, 2.24) is 4.72 Å². The molecule has 0 aliphatic rings. The zero-order valence-corrected chi connectivity index (χ0v) is 15.8. The average Bonchev–Trinajstić information content (AvgIpc) is 2.49. The van der Waals surface area contributed by atoms with Gasteiger partial charge in [-0.1, -0.05) is 41.4 Å². The summed E-state index contributed by atoms with van der Waals surface area (Å²) in [7, 11) is -3.51. The molecular formula is C17H19Cl2NO3S. The van der Waals surface area contributed by atoms with Crippen molar-refractivity contribution in [3.8, 4) is 5.75 Å². The first-order valence-corrected chi connectivity index (χ1v) is 9.83. The molecule has 2 aromatic carbocycles. The van der Waals surface area contributed by atoms with Crippen LogP contribution in [0.15, 0.2) is 42.5 Å². The third kappa shape index (κ3) is 5.98. The number of sulfonamides is 1. The van der Waals surface area contributed by atoms with Crippen LogP contribution < -0.4 is 9.46 Å². The lowest BCUT2D eigenvalue weighted by Crippen LogP contribution is -2.24. The topological polar surface area (TPSA) is 55.4 Å². The van der Waals surface area contributed by atoms with Gasteiger partial charge in [0, 0.05) is 16.6 Å². The highest BCUT2D eigenvalue weighted by atomic mass is 35.5. The summed E-state index contributed by atoms with van der Waals surface area (Å²) in [5, 5.41) is 0.806. The Morgan fingerprint density at radius 3 is 2.33 bits per heavy atom. The quantitative estimate of drug-likeness (QED) is 0.765. The van der Waals surface area contributed by atoms with Gasteiger partial charge in [0.2, 0.25) is 10.0 Å². The molecule has 0 radical (unpaired) electrons. The van der Waals surface area contributed by atoms with E-state index in [1.54, 1.807) is 12.1 Å². The van der Waals surface area contributed by atoms with Crippen molar-refractivity contribution >= 4 is 33.2 Å². The Morgan fingerprint density at radius 1 is 1.08 bits per heavy atom. The molecule has 0 aromatic heterocycles. The molecule has 0 atom stereocenters. The number of halogens is 2. The molecule has 0 spiro atoms. The number of hydrogen-bond acceptors (Lipinski definition) is 3. The van der Waals surface area contributed by atoms with Gasteiger partial charge in [-0.05, 0) is 49.2 Å². The molecule has 0 heterocycles. The lowest BCUT2D eigenvalue weighted by molar-refractivity contribution is 0.242. The molecule has 0 fully saturated rings. The Bertz CT molecular complexity index is 790. The maximum Gasteiger partial charge on any atom is 0.216 e. The molecule has 7 heteroatoms. The van der Waals surface area contributed by atoms with Gasteiger partial charge >= 0.3 is 0 Å². The van der Waals surface area contributed by atoms with E-state index in [1.165, 1.54) is 6.07 Å². The van der Waals surface area contributed by atoms with Crippen LogP contribution >= 0.6 is 23.2 Å². The third-order valence-corrected chi connectivity index (χ3v) is 5.01. The Hall–Kier alpha value is -1.27.